The van der Waals surface area contributed by atoms with Crippen molar-refractivity contribution in [1.82, 2.24) is 15.1 Å². The van der Waals surface area contributed by atoms with E-state index in [0.717, 1.165) is 25.8 Å². The Morgan fingerprint density at radius 3 is 3.00 bits per heavy atom. The lowest BCUT2D eigenvalue weighted by Crippen LogP contribution is -2.39. The molecule has 0 bridgehead atoms. The van der Waals surface area contributed by atoms with Crippen LogP contribution < -0.4 is 0 Å². The van der Waals surface area contributed by atoms with Gasteiger partial charge >= 0.3 is 0 Å². The van der Waals surface area contributed by atoms with Crippen LogP contribution in [0, 0.1) is 0 Å². The Balaban J connectivity index is 1.80. The van der Waals surface area contributed by atoms with Crippen molar-refractivity contribution in [3.8, 4) is 0 Å². The third kappa shape index (κ3) is 3.60. The first-order valence-corrected chi connectivity index (χ1v) is 8.52. The molecule has 0 aliphatic carbocycles. The number of aromatic nitrogens is 2. The number of rotatable bonds is 3. The molecule has 1 unspecified atom stereocenters. The Morgan fingerprint density at radius 2 is 2.23 bits per heavy atom. The molecule has 1 saturated heterocycles. The average Bonchev–Trinajstić information content (AvgIpc) is 2.97. The zero-order valence-electron chi connectivity index (χ0n) is 12.4. The van der Waals surface area contributed by atoms with Crippen molar-refractivity contribution >= 4 is 23.3 Å². The van der Waals surface area contributed by atoms with Gasteiger partial charge in [0.05, 0.1) is 24.0 Å². The predicted octanol–water partition coefficient (Wildman–Crippen LogP) is 3.64. The smallest absolute Gasteiger partial charge is 0.256 e. The maximum Gasteiger partial charge on any atom is 0.256 e. The van der Waals surface area contributed by atoms with Gasteiger partial charge in [-0.05, 0) is 36.4 Å². The van der Waals surface area contributed by atoms with Crippen LogP contribution in [0.4, 0.5) is 0 Å². The van der Waals surface area contributed by atoms with Crippen molar-refractivity contribution in [2.24, 2.45) is 0 Å². The van der Waals surface area contributed by atoms with E-state index < -0.39 is 0 Å². The third-order valence-corrected chi connectivity index (χ3v) is 4.75. The molecule has 0 radical (unpaired) electrons. The van der Waals surface area contributed by atoms with E-state index in [1.54, 1.807) is 29.8 Å². The summed E-state index contributed by atoms with van der Waals surface area (Å²) in [4.78, 5) is 16.0. The molecule has 2 aromatic heterocycles. The van der Waals surface area contributed by atoms with Crippen LogP contribution in [0.15, 0.2) is 42.0 Å². The highest BCUT2D eigenvalue weighted by molar-refractivity contribution is 7.10. The minimum Gasteiger partial charge on any atom is -0.332 e. The molecule has 3 heterocycles. The van der Waals surface area contributed by atoms with Gasteiger partial charge in [0.15, 0.2) is 0 Å². The molecule has 1 amide bonds. The van der Waals surface area contributed by atoms with Crippen molar-refractivity contribution in [2.45, 2.75) is 31.7 Å². The molecule has 4 nitrogen and oxygen atoms in total. The molecule has 0 spiro atoms. The number of hydrogen-bond acceptors (Lipinski definition) is 4. The lowest BCUT2D eigenvalue weighted by Gasteiger charge is -2.27. The van der Waals surface area contributed by atoms with Gasteiger partial charge in [0, 0.05) is 11.4 Å². The second-order valence-electron chi connectivity index (χ2n) is 5.42. The number of nitrogens with zero attached hydrogens (tertiary/aromatic N) is 3. The van der Waals surface area contributed by atoms with E-state index in [0.29, 0.717) is 5.56 Å². The van der Waals surface area contributed by atoms with E-state index in [4.69, 9.17) is 0 Å². The summed E-state index contributed by atoms with van der Waals surface area (Å²) >= 11 is 1.71. The monoisotopic (exact) mass is 313 g/mol. The van der Waals surface area contributed by atoms with Crippen molar-refractivity contribution in [3.63, 3.8) is 0 Å². The van der Waals surface area contributed by atoms with Gasteiger partial charge in [-0.2, -0.15) is 10.2 Å². The average molecular weight is 313 g/mol. The fourth-order valence-corrected chi connectivity index (χ4v) is 3.39. The molecular formula is C17H19N3OS. The van der Waals surface area contributed by atoms with Crippen molar-refractivity contribution in [3.05, 3.63) is 52.5 Å². The molecule has 0 N–H and O–H groups in total. The normalized spacial score (nSPS) is 19.3. The first-order chi connectivity index (χ1) is 10.8. The molecule has 1 atom stereocenters. The highest BCUT2D eigenvalue weighted by Gasteiger charge is 2.24. The van der Waals surface area contributed by atoms with Gasteiger partial charge < -0.3 is 4.90 Å². The van der Waals surface area contributed by atoms with Gasteiger partial charge in [-0.1, -0.05) is 25.0 Å². The maximum atomic E-state index is 12.8. The Labute approximate surface area is 134 Å². The zero-order chi connectivity index (χ0) is 15.2. The standard InChI is InChI=1S/C17H19N3OS/c21-17(14-9-10-18-19-13-14)20-11-3-1-2-5-15(20)7-8-16-6-4-12-22-16/h4,6-10,12-13,15H,1-3,5,11H2. The van der Waals surface area contributed by atoms with Crippen LogP contribution in [0.5, 0.6) is 0 Å². The second-order valence-corrected chi connectivity index (χ2v) is 6.40. The number of amides is 1. The van der Waals surface area contributed by atoms with Gasteiger partial charge in [-0.15, -0.1) is 11.3 Å². The summed E-state index contributed by atoms with van der Waals surface area (Å²) in [5.74, 6) is 0.0534. The van der Waals surface area contributed by atoms with Crippen LogP contribution in [0.2, 0.25) is 0 Å². The summed E-state index contributed by atoms with van der Waals surface area (Å²) in [6.45, 7) is 0.806. The van der Waals surface area contributed by atoms with Gasteiger partial charge in [-0.25, -0.2) is 0 Å². The van der Waals surface area contributed by atoms with Gasteiger partial charge in [0.2, 0.25) is 0 Å². The molecule has 1 aliphatic heterocycles. The summed E-state index contributed by atoms with van der Waals surface area (Å²) in [7, 11) is 0. The summed E-state index contributed by atoms with van der Waals surface area (Å²) in [5.41, 5.74) is 0.617. The molecule has 3 rings (SSSR count). The van der Waals surface area contributed by atoms with Crippen LogP contribution in [0.1, 0.15) is 40.9 Å². The lowest BCUT2D eigenvalue weighted by molar-refractivity contribution is 0.0718. The number of likely N-dealkylation sites (tertiary alicyclic amines) is 1. The molecule has 1 aliphatic rings. The first kappa shape index (κ1) is 14.9. The molecule has 0 aromatic carbocycles. The van der Waals surface area contributed by atoms with E-state index in [1.807, 2.05) is 11.0 Å². The van der Waals surface area contributed by atoms with E-state index in [1.165, 1.54) is 11.3 Å². The van der Waals surface area contributed by atoms with Crippen LogP contribution >= 0.6 is 11.3 Å². The number of thiophene rings is 1. The van der Waals surface area contributed by atoms with Crippen molar-refractivity contribution in [2.75, 3.05) is 6.54 Å². The minimum absolute atomic E-state index is 0.0534. The van der Waals surface area contributed by atoms with Gasteiger partial charge in [0.25, 0.3) is 5.91 Å². The Kier molecular flexibility index (Phi) is 4.96. The molecule has 5 heteroatoms. The summed E-state index contributed by atoms with van der Waals surface area (Å²) in [5, 5.41) is 9.64. The fraction of sp³-hybridized carbons (Fsp3) is 0.353. The topological polar surface area (TPSA) is 46.1 Å². The SMILES string of the molecule is O=C(c1ccnnc1)N1CCCCCC1C=Cc1cccs1. The second kappa shape index (κ2) is 7.31. The molecule has 114 valence electrons. The Bertz CT molecular complexity index is 625. The van der Waals surface area contributed by atoms with Crippen molar-refractivity contribution < 1.29 is 4.79 Å². The van der Waals surface area contributed by atoms with Crippen LogP contribution in [0.25, 0.3) is 6.08 Å². The highest BCUT2D eigenvalue weighted by atomic mass is 32.1. The predicted molar refractivity (Wildman–Crippen MR) is 88.7 cm³/mol. The summed E-state index contributed by atoms with van der Waals surface area (Å²) in [6.07, 6.45) is 11.9. The minimum atomic E-state index is 0.0534. The van der Waals surface area contributed by atoms with Crippen LogP contribution in [0.3, 0.4) is 0 Å². The lowest BCUT2D eigenvalue weighted by atomic mass is 10.1. The molecular weight excluding hydrogens is 294 g/mol. The van der Waals surface area contributed by atoms with E-state index in [-0.39, 0.29) is 11.9 Å². The number of hydrogen-bond donors (Lipinski definition) is 0. The van der Waals surface area contributed by atoms with Crippen molar-refractivity contribution in [1.29, 1.82) is 0 Å². The third-order valence-electron chi connectivity index (χ3n) is 3.92. The first-order valence-electron chi connectivity index (χ1n) is 7.64. The quantitative estimate of drug-likeness (QED) is 0.869. The zero-order valence-corrected chi connectivity index (χ0v) is 13.2. The fourth-order valence-electron chi connectivity index (χ4n) is 2.76. The largest absolute Gasteiger partial charge is 0.332 e. The van der Waals surface area contributed by atoms with E-state index in [2.05, 4.69) is 33.8 Å². The number of carbonyl (C=O) groups excluding carboxylic acids is 1. The number of carbonyl (C=O) groups is 1. The Morgan fingerprint density at radius 1 is 1.27 bits per heavy atom. The molecule has 1 fully saturated rings. The molecule has 0 saturated carbocycles. The highest BCUT2D eigenvalue weighted by Crippen LogP contribution is 2.21. The maximum absolute atomic E-state index is 12.8. The van der Waals surface area contributed by atoms with Gasteiger partial charge in [0.1, 0.15) is 0 Å². The van der Waals surface area contributed by atoms with Crippen LogP contribution in [-0.2, 0) is 0 Å². The Hall–Kier alpha value is -2.01. The summed E-state index contributed by atoms with van der Waals surface area (Å²) < 4.78 is 0. The summed E-state index contributed by atoms with van der Waals surface area (Å²) in [6, 6.07) is 6.03. The van der Waals surface area contributed by atoms with E-state index in [9.17, 15) is 4.79 Å². The van der Waals surface area contributed by atoms with E-state index >= 15 is 0 Å². The molecule has 22 heavy (non-hydrogen) atoms. The van der Waals surface area contributed by atoms with Crippen LogP contribution in [-0.4, -0.2) is 33.6 Å². The molecule has 2 aromatic rings. The van der Waals surface area contributed by atoms with Gasteiger partial charge in [-0.3, -0.25) is 4.79 Å².